The average molecular weight is 497 g/mol. The van der Waals surface area contributed by atoms with Gasteiger partial charge in [-0.1, -0.05) is 6.07 Å². The van der Waals surface area contributed by atoms with E-state index in [2.05, 4.69) is 20.4 Å². The largest absolute Gasteiger partial charge is 0.497 e. The number of nitrogens with zero attached hydrogens (tertiary/aromatic N) is 2. The van der Waals surface area contributed by atoms with Crippen molar-refractivity contribution in [3.8, 4) is 17.2 Å². The normalized spacial score (nSPS) is 18.3. The second-order valence-corrected chi connectivity index (χ2v) is 8.49. The molecule has 0 aromatic heterocycles. The minimum Gasteiger partial charge on any atom is -0.497 e. The second kappa shape index (κ2) is 11.2. The van der Waals surface area contributed by atoms with Crippen LogP contribution in [0.4, 0.5) is 10.5 Å². The molecule has 4 rings (SSSR count). The molecule has 192 valence electrons. The smallest absolute Gasteiger partial charge is 0.338 e. The summed E-state index contributed by atoms with van der Waals surface area (Å²) in [6.07, 6.45) is 0. The van der Waals surface area contributed by atoms with Crippen LogP contribution >= 0.6 is 0 Å². The lowest BCUT2D eigenvalue weighted by Gasteiger charge is -2.38. The number of urea groups is 1. The summed E-state index contributed by atoms with van der Waals surface area (Å²) in [7, 11) is 6.08. The predicted molar refractivity (Wildman–Crippen MR) is 135 cm³/mol. The third-order valence-corrected chi connectivity index (χ3v) is 6.49. The van der Waals surface area contributed by atoms with Crippen LogP contribution in [0.2, 0.25) is 0 Å². The van der Waals surface area contributed by atoms with Gasteiger partial charge in [0.25, 0.3) is 0 Å². The third kappa shape index (κ3) is 5.33. The summed E-state index contributed by atoms with van der Waals surface area (Å²) in [5.41, 5.74) is 2.71. The highest BCUT2D eigenvalue weighted by Gasteiger charge is 2.35. The molecule has 0 spiro atoms. The highest BCUT2D eigenvalue weighted by atomic mass is 16.5. The van der Waals surface area contributed by atoms with E-state index in [4.69, 9.17) is 18.9 Å². The molecule has 0 radical (unpaired) electrons. The minimum atomic E-state index is -0.693. The zero-order valence-corrected chi connectivity index (χ0v) is 21.0. The van der Waals surface area contributed by atoms with Crippen molar-refractivity contribution >= 4 is 17.7 Å². The van der Waals surface area contributed by atoms with Crippen molar-refractivity contribution in [2.45, 2.75) is 6.04 Å². The maximum atomic E-state index is 12.9. The molecule has 1 saturated heterocycles. The van der Waals surface area contributed by atoms with E-state index >= 15 is 0 Å². The number of hydrogen-bond acceptors (Lipinski definition) is 8. The molecule has 2 aliphatic rings. The zero-order valence-electron chi connectivity index (χ0n) is 21.0. The maximum Gasteiger partial charge on any atom is 0.338 e. The van der Waals surface area contributed by atoms with E-state index in [0.717, 1.165) is 37.6 Å². The average Bonchev–Trinajstić information content (AvgIpc) is 2.92. The van der Waals surface area contributed by atoms with Crippen LogP contribution in [-0.4, -0.2) is 78.1 Å². The number of ether oxygens (including phenoxy) is 4. The van der Waals surface area contributed by atoms with Gasteiger partial charge in [0.15, 0.2) is 11.5 Å². The van der Waals surface area contributed by atoms with Gasteiger partial charge in [-0.3, -0.25) is 4.90 Å². The fourth-order valence-corrected chi connectivity index (χ4v) is 4.56. The third-order valence-electron chi connectivity index (χ3n) is 6.49. The number of carbonyl (C=O) groups is 2. The number of rotatable bonds is 8. The topological polar surface area (TPSA) is 102 Å². The van der Waals surface area contributed by atoms with Gasteiger partial charge < -0.3 is 34.5 Å². The molecule has 2 heterocycles. The van der Waals surface area contributed by atoms with Crippen molar-refractivity contribution < 1.29 is 28.5 Å². The molecule has 2 amide bonds. The molecule has 2 aliphatic heterocycles. The molecule has 0 saturated carbocycles. The maximum absolute atomic E-state index is 12.9. The molecular weight excluding hydrogens is 464 g/mol. The van der Waals surface area contributed by atoms with Crippen molar-refractivity contribution in [2.75, 3.05) is 66.1 Å². The molecular formula is C26H32N4O6. The van der Waals surface area contributed by atoms with Gasteiger partial charge in [0.05, 0.1) is 40.1 Å². The molecule has 1 atom stereocenters. The number of amides is 2. The summed E-state index contributed by atoms with van der Waals surface area (Å²) in [4.78, 5) is 30.1. The first-order valence-electron chi connectivity index (χ1n) is 11.7. The first-order valence-corrected chi connectivity index (χ1v) is 11.7. The Balaban J connectivity index is 1.55. The van der Waals surface area contributed by atoms with E-state index in [1.54, 1.807) is 32.4 Å². The molecule has 10 nitrogen and oxygen atoms in total. The van der Waals surface area contributed by atoms with E-state index in [-0.39, 0.29) is 6.03 Å². The van der Waals surface area contributed by atoms with Crippen LogP contribution < -0.4 is 29.7 Å². The van der Waals surface area contributed by atoms with Gasteiger partial charge in [-0.05, 0) is 42.0 Å². The van der Waals surface area contributed by atoms with E-state index in [9.17, 15) is 9.59 Å². The standard InChI is InChI=1S/C26H32N4O6/c1-33-19-8-6-18(7-9-19)30-13-11-29(12-14-30)16-20-23(25(31)36-4)24(28-26(32)27-20)17-5-10-21(34-2)22(15-17)35-3/h5-10,15,24H,11-14,16H2,1-4H3,(H2,27,28,32)/t24-/m0/s1. The molecule has 36 heavy (non-hydrogen) atoms. The van der Waals surface area contributed by atoms with Gasteiger partial charge in [0.1, 0.15) is 5.75 Å². The van der Waals surface area contributed by atoms with Crippen molar-refractivity contribution in [2.24, 2.45) is 0 Å². The Labute approximate surface area is 210 Å². The van der Waals surface area contributed by atoms with Gasteiger partial charge in [-0.25, -0.2) is 9.59 Å². The molecule has 2 aromatic rings. The van der Waals surface area contributed by atoms with Gasteiger partial charge >= 0.3 is 12.0 Å². The Bertz CT molecular complexity index is 1130. The summed E-state index contributed by atoms with van der Waals surface area (Å²) in [6, 6.07) is 12.2. The number of anilines is 1. The number of hydrogen-bond donors (Lipinski definition) is 2. The molecule has 1 fully saturated rings. The van der Waals surface area contributed by atoms with Crippen LogP contribution in [0.1, 0.15) is 11.6 Å². The first-order chi connectivity index (χ1) is 17.5. The molecule has 2 aromatic carbocycles. The van der Waals surface area contributed by atoms with Crippen LogP contribution in [0.15, 0.2) is 53.7 Å². The van der Waals surface area contributed by atoms with Crippen LogP contribution in [0.3, 0.4) is 0 Å². The minimum absolute atomic E-state index is 0.363. The van der Waals surface area contributed by atoms with Gasteiger partial charge in [-0.2, -0.15) is 0 Å². The number of benzene rings is 2. The Morgan fingerprint density at radius 3 is 2.22 bits per heavy atom. The lowest BCUT2D eigenvalue weighted by atomic mass is 9.94. The summed E-state index contributed by atoms with van der Waals surface area (Å²) in [6.45, 7) is 3.59. The lowest BCUT2D eigenvalue weighted by Crippen LogP contribution is -2.51. The Morgan fingerprint density at radius 1 is 0.917 bits per heavy atom. The van der Waals surface area contributed by atoms with Crippen LogP contribution in [-0.2, 0) is 9.53 Å². The fourth-order valence-electron chi connectivity index (χ4n) is 4.56. The Morgan fingerprint density at radius 2 is 1.61 bits per heavy atom. The van der Waals surface area contributed by atoms with E-state index in [1.165, 1.54) is 14.2 Å². The molecule has 2 N–H and O–H groups in total. The summed E-state index contributed by atoms with van der Waals surface area (Å²) in [5.74, 6) is 1.38. The molecule has 0 unspecified atom stereocenters. The Kier molecular flexibility index (Phi) is 7.84. The van der Waals surface area contributed by atoms with E-state index in [0.29, 0.717) is 34.9 Å². The number of methoxy groups -OCH3 is 4. The fraction of sp³-hybridized carbons (Fsp3) is 0.385. The van der Waals surface area contributed by atoms with Crippen LogP contribution in [0, 0.1) is 0 Å². The number of piperazine rings is 1. The summed E-state index contributed by atoms with van der Waals surface area (Å²) >= 11 is 0. The quantitative estimate of drug-likeness (QED) is 0.537. The Hall–Kier alpha value is -3.92. The number of carbonyl (C=O) groups excluding carboxylic acids is 2. The van der Waals surface area contributed by atoms with Gasteiger partial charge in [-0.15, -0.1) is 0 Å². The van der Waals surface area contributed by atoms with Crippen LogP contribution in [0.25, 0.3) is 0 Å². The summed E-state index contributed by atoms with van der Waals surface area (Å²) in [5, 5.41) is 5.69. The van der Waals surface area contributed by atoms with Crippen molar-refractivity contribution in [1.29, 1.82) is 0 Å². The molecule has 10 heteroatoms. The van der Waals surface area contributed by atoms with E-state index < -0.39 is 12.0 Å². The van der Waals surface area contributed by atoms with E-state index in [1.807, 2.05) is 24.3 Å². The second-order valence-electron chi connectivity index (χ2n) is 8.49. The number of esters is 1. The first kappa shape index (κ1) is 25.2. The lowest BCUT2D eigenvalue weighted by molar-refractivity contribution is -0.136. The van der Waals surface area contributed by atoms with Crippen molar-refractivity contribution in [3.05, 3.63) is 59.3 Å². The molecule has 0 bridgehead atoms. The summed E-state index contributed by atoms with van der Waals surface area (Å²) < 4.78 is 21.1. The van der Waals surface area contributed by atoms with Crippen molar-refractivity contribution in [1.82, 2.24) is 15.5 Å². The zero-order chi connectivity index (χ0) is 25.7. The highest BCUT2D eigenvalue weighted by molar-refractivity contribution is 5.95. The monoisotopic (exact) mass is 496 g/mol. The van der Waals surface area contributed by atoms with Crippen molar-refractivity contribution in [3.63, 3.8) is 0 Å². The molecule has 0 aliphatic carbocycles. The SMILES string of the molecule is COC(=O)C1=C(CN2CCN(c3ccc(OC)cc3)CC2)NC(=O)N[C@H]1c1ccc(OC)c(OC)c1. The number of nitrogens with one attached hydrogen (secondary N) is 2. The van der Waals surface area contributed by atoms with Crippen LogP contribution in [0.5, 0.6) is 17.2 Å². The van der Waals surface area contributed by atoms with Gasteiger partial charge in [0.2, 0.25) is 0 Å². The highest BCUT2D eigenvalue weighted by Crippen LogP contribution is 2.34. The predicted octanol–water partition coefficient (Wildman–Crippen LogP) is 2.32. The van der Waals surface area contributed by atoms with Gasteiger partial charge in [0, 0.05) is 44.1 Å².